The molecule has 0 fully saturated rings. The Kier molecular flexibility index (Phi) is 6.45. The highest BCUT2D eigenvalue weighted by molar-refractivity contribution is 9.10. The van der Waals surface area contributed by atoms with Crippen molar-refractivity contribution < 1.29 is 17.7 Å². The molecule has 0 heterocycles. The van der Waals surface area contributed by atoms with E-state index in [1.165, 1.54) is 34.6 Å². The minimum atomic E-state index is -3.87. The third kappa shape index (κ3) is 4.44. The molecule has 0 aromatic heterocycles. The average Bonchev–Trinajstić information content (AvgIpc) is 2.61. The lowest BCUT2D eigenvalue weighted by atomic mass is 10.1. The quantitative estimate of drug-likeness (QED) is 0.519. The Morgan fingerprint density at radius 3 is 2.38 bits per heavy atom. The van der Waals surface area contributed by atoms with Gasteiger partial charge in [-0.1, -0.05) is 13.0 Å². The first kappa shape index (κ1) is 20.4. The van der Waals surface area contributed by atoms with E-state index in [1.54, 1.807) is 6.92 Å². The highest BCUT2D eigenvalue weighted by Crippen LogP contribution is 2.24. The smallest absolute Gasteiger partial charge is 0.269 e. The van der Waals surface area contributed by atoms with Crippen LogP contribution in [0.4, 0.5) is 10.1 Å². The molecule has 0 unspecified atom stereocenters. The summed E-state index contributed by atoms with van der Waals surface area (Å²) in [5.74, 6) is -0.438. The largest absolute Gasteiger partial charge is 0.323 e. The number of hydrogen-bond donors (Lipinski definition) is 1. The number of nitrogens with zero attached hydrogens (tertiary/aromatic N) is 2. The van der Waals surface area contributed by atoms with Crippen LogP contribution < -0.4 is 5.73 Å². The van der Waals surface area contributed by atoms with Gasteiger partial charge in [0, 0.05) is 31.3 Å². The van der Waals surface area contributed by atoms with E-state index in [9.17, 15) is 22.9 Å². The Labute approximate surface area is 158 Å². The summed E-state index contributed by atoms with van der Waals surface area (Å²) in [6.07, 6.45) is 0. The molecule has 0 aliphatic rings. The van der Waals surface area contributed by atoms with Crippen LogP contribution in [0.25, 0.3) is 0 Å². The summed E-state index contributed by atoms with van der Waals surface area (Å²) in [5, 5.41) is 10.7. The average molecular weight is 446 g/mol. The molecule has 1 atom stereocenters. The van der Waals surface area contributed by atoms with Crippen molar-refractivity contribution >= 4 is 31.6 Å². The van der Waals surface area contributed by atoms with E-state index in [-0.39, 0.29) is 28.1 Å². The molecular formula is C16H17BrFN3O4S. The van der Waals surface area contributed by atoms with E-state index in [0.29, 0.717) is 5.56 Å². The second-order valence-corrected chi connectivity index (χ2v) is 8.28. The van der Waals surface area contributed by atoms with Gasteiger partial charge in [0.15, 0.2) is 0 Å². The van der Waals surface area contributed by atoms with Crippen LogP contribution in [-0.2, 0) is 10.0 Å². The Hall–Kier alpha value is -1.88. The number of nitrogens with two attached hydrogens (primary N) is 1. The molecule has 2 aromatic rings. The fourth-order valence-corrected chi connectivity index (χ4v) is 4.23. The van der Waals surface area contributed by atoms with Crippen LogP contribution in [0.2, 0.25) is 0 Å². The van der Waals surface area contributed by atoms with Gasteiger partial charge in [-0.15, -0.1) is 0 Å². The summed E-state index contributed by atoms with van der Waals surface area (Å²) in [4.78, 5) is 10.0. The second-order valence-electron chi connectivity index (χ2n) is 5.49. The molecule has 0 aliphatic carbocycles. The van der Waals surface area contributed by atoms with Gasteiger partial charge in [0.25, 0.3) is 5.69 Å². The maximum Gasteiger partial charge on any atom is 0.269 e. The fraction of sp³-hybridized carbons (Fsp3) is 0.250. The Bertz CT molecular complexity index is 906. The third-order valence-corrected chi connectivity index (χ3v) is 6.37. The zero-order chi connectivity index (χ0) is 19.5. The van der Waals surface area contributed by atoms with Crippen LogP contribution in [0.5, 0.6) is 0 Å². The van der Waals surface area contributed by atoms with Crippen molar-refractivity contribution in [3.05, 3.63) is 68.4 Å². The molecule has 0 aliphatic heterocycles. The van der Waals surface area contributed by atoms with Crippen LogP contribution in [-0.4, -0.2) is 30.7 Å². The first-order valence-corrected chi connectivity index (χ1v) is 9.85. The number of benzene rings is 2. The molecule has 2 rings (SSSR count). The van der Waals surface area contributed by atoms with Gasteiger partial charge >= 0.3 is 0 Å². The van der Waals surface area contributed by atoms with E-state index >= 15 is 0 Å². The molecule has 140 valence electrons. The van der Waals surface area contributed by atoms with Crippen LogP contribution in [0, 0.1) is 15.9 Å². The molecule has 0 saturated carbocycles. The van der Waals surface area contributed by atoms with Crippen molar-refractivity contribution in [2.24, 2.45) is 5.73 Å². The van der Waals surface area contributed by atoms with Gasteiger partial charge in [-0.2, -0.15) is 4.31 Å². The number of nitro groups is 1. The maximum absolute atomic E-state index is 13.3. The summed E-state index contributed by atoms with van der Waals surface area (Å²) in [6, 6.07) is 8.24. The first-order valence-electron chi connectivity index (χ1n) is 7.62. The summed E-state index contributed by atoms with van der Waals surface area (Å²) >= 11 is 3.07. The highest BCUT2D eigenvalue weighted by Gasteiger charge is 2.26. The molecule has 2 N–H and O–H groups in total. The van der Waals surface area contributed by atoms with E-state index in [2.05, 4.69) is 15.9 Å². The molecule has 0 amide bonds. The predicted octanol–water partition coefficient (Wildman–Crippen LogP) is 3.21. The van der Waals surface area contributed by atoms with E-state index < -0.39 is 26.8 Å². The monoisotopic (exact) mass is 445 g/mol. The van der Waals surface area contributed by atoms with Gasteiger partial charge in [-0.25, -0.2) is 12.8 Å². The minimum absolute atomic E-state index is 0.0199. The van der Waals surface area contributed by atoms with Gasteiger partial charge < -0.3 is 5.73 Å². The molecule has 0 bridgehead atoms. The van der Waals surface area contributed by atoms with Crippen molar-refractivity contribution in [2.75, 3.05) is 13.1 Å². The van der Waals surface area contributed by atoms with Crippen molar-refractivity contribution in [3.63, 3.8) is 0 Å². The first-order chi connectivity index (χ1) is 12.2. The van der Waals surface area contributed by atoms with Crippen LogP contribution in [0.3, 0.4) is 0 Å². The molecular weight excluding hydrogens is 429 g/mol. The fourth-order valence-electron chi connectivity index (χ4n) is 2.35. The number of likely N-dealkylation sites (N-methyl/N-ethyl adjacent to an activating group) is 1. The summed E-state index contributed by atoms with van der Waals surface area (Å²) < 4.78 is 40.3. The van der Waals surface area contributed by atoms with Gasteiger partial charge in [0.1, 0.15) is 5.82 Å². The molecule has 0 spiro atoms. The summed E-state index contributed by atoms with van der Waals surface area (Å²) in [7, 11) is -3.87. The van der Waals surface area contributed by atoms with Crippen LogP contribution in [0.15, 0.2) is 51.8 Å². The topological polar surface area (TPSA) is 107 Å². The third-order valence-electron chi connectivity index (χ3n) is 3.81. The predicted molar refractivity (Wildman–Crippen MR) is 98.6 cm³/mol. The Morgan fingerprint density at radius 1 is 1.27 bits per heavy atom. The Morgan fingerprint density at radius 2 is 1.88 bits per heavy atom. The van der Waals surface area contributed by atoms with E-state index in [0.717, 1.165) is 12.1 Å². The number of non-ortho nitro benzene ring substituents is 1. The van der Waals surface area contributed by atoms with Gasteiger partial charge in [-0.05, 0) is 45.8 Å². The SMILES string of the molecule is CCN(C[C@@H](N)c1ccc(F)c(Br)c1)S(=O)(=O)c1ccc([N+](=O)[O-])cc1. The standard InChI is InChI=1S/C16H17BrFN3O4S/c1-2-20(10-16(19)11-3-8-15(18)14(17)9-11)26(24,25)13-6-4-12(5-7-13)21(22)23/h3-9,16H,2,10,19H2,1H3/t16-/m1/s1. The van der Waals surface area contributed by atoms with Gasteiger partial charge in [0.2, 0.25) is 10.0 Å². The minimum Gasteiger partial charge on any atom is -0.323 e. The zero-order valence-electron chi connectivity index (χ0n) is 13.8. The van der Waals surface area contributed by atoms with Crippen molar-refractivity contribution in [3.8, 4) is 0 Å². The number of halogens is 2. The number of nitro benzene ring substituents is 1. The van der Waals surface area contributed by atoms with Crippen molar-refractivity contribution in [2.45, 2.75) is 17.9 Å². The number of rotatable bonds is 7. The summed E-state index contributed by atoms with van der Waals surface area (Å²) in [6.45, 7) is 1.81. The lowest BCUT2D eigenvalue weighted by Crippen LogP contribution is -2.37. The Balaban J connectivity index is 2.25. The van der Waals surface area contributed by atoms with Crippen LogP contribution >= 0.6 is 15.9 Å². The molecule has 7 nitrogen and oxygen atoms in total. The molecule has 10 heteroatoms. The molecule has 0 radical (unpaired) electrons. The lowest BCUT2D eigenvalue weighted by molar-refractivity contribution is -0.384. The van der Waals surface area contributed by atoms with Crippen molar-refractivity contribution in [1.82, 2.24) is 4.31 Å². The molecule has 0 saturated heterocycles. The number of sulfonamides is 1. The molecule has 2 aromatic carbocycles. The normalized spacial score (nSPS) is 13.0. The lowest BCUT2D eigenvalue weighted by Gasteiger charge is -2.24. The van der Waals surface area contributed by atoms with E-state index in [1.807, 2.05) is 0 Å². The highest BCUT2D eigenvalue weighted by atomic mass is 79.9. The van der Waals surface area contributed by atoms with Crippen LogP contribution in [0.1, 0.15) is 18.5 Å². The number of hydrogen-bond acceptors (Lipinski definition) is 5. The zero-order valence-corrected chi connectivity index (χ0v) is 16.2. The van der Waals surface area contributed by atoms with Crippen molar-refractivity contribution in [1.29, 1.82) is 0 Å². The maximum atomic E-state index is 13.3. The van der Waals surface area contributed by atoms with Gasteiger partial charge in [-0.3, -0.25) is 10.1 Å². The van der Waals surface area contributed by atoms with E-state index in [4.69, 9.17) is 5.73 Å². The summed E-state index contributed by atoms with van der Waals surface area (Å²) in [5.41, 5.74) is 6.48. The molecule has 26 heavy (non-hydrogen) atoms. The van der Waals surface area contributed by atoms with Gasteiger partial charge in [0.05, 0.1) is 14.3 Å². The second kappa shape index (κ2) is 8.21.